The second-order valence-electron chi connectivity index (χ2n) is 6.43. The van der Waals surface area contributed by atoms with Gasteiger partial charge in [-0.3, -0.25) is 19.7 Å². The fourth-order valence-electron chi connectivity index (χ4n) is 2.89. The lowest BCUT2D eigenvalue weighted by Gasteiger charge is -2.11. The van der Waals surface area contributed by atoms with Crippen molar-refractivity contribution in [1.82, 2.24) is 19.7 Å². The summed E-state index contributed by atoms with van der Waals surface area (Å²) in [6.45, 7) is 2.04. The summed E-state index contributed by atoms with van der Waals surface area (Å²) in [5, 5.41) is 20.5. The molecule has 0 saturated heterocycles. The van der Waals surface area contributed by atoms with E-state index in [2.05, 4.69) is 15.2 Å². The SMILES string of the molecule is Cc1ccc(-n2c(SCc3cccc([N+](=O)[O-])c3)nnc2-c2ccncc2)cc1. The van der Waals surface area contributed by atoms with E-state index in [1.165, 1.54) is 17.8 Å². The summed E-state index contributed by atoms with van der Waals surface area (Å²) in [4.78, 5) is 14.7. The number of rotatable bonds is 6. The van der Waals surface area contributed by atoms with E-state index in [-0.39, 0.29) is 10.6 Å². The molecule has 0 bridgehead atoms. The highest BCUT2D eigenvalue weighted by Gasteiger charge is 2.16. The summed E-state index contributed by atoms with van der Waals surface area (Å²) < 4.78 is 2.00. The molecule has 0 atom stereocenters. The van der Waals surface area contributed by atoms with Crippen molar-refractivity contribution in [3.8, 4) is 17.1 Å². The number of benzene rings is 2. The second kappa shape index (κ2) is 8.24. The second-order valence-corrected chi connectivity index (χ2v) is 7.37. The standard InChI is InChI=1S/C21H17N5O2S/c1-15-5-7-18(8-6-15)25-20(17-9-11-22-12-10-17)23-24-21(25)29-14-16-3-2-4-19(13-16)26(27)28/h2-13H,14H2,1H3. The number of pyridine rings is 1. The zero-order valence-electron chi connectivity index (χ0n) is 15.6. The van der Waals surface area contributed by atoms with E-state index in [0.29, 0.717) is 10.9 Å². The van der Waals surface area contributed by atoms with E-state index >= 15 is 0 Å². The molecule has 0 spiro atoms. The van der Waals surface area contributed by atoms with Crippen LogP contribution in [0.5, 0.6) is 0 Å². The highest BCUT2D eigenvalue weighted by atomic mass is 32.2. The van der Waals surface area contributed by atoms with Gasteiger partial charge in [-0.25, -0.2) is 0 Å². The van der Waals surface area contributed by atoms with Crippen molar-refractivity contribution in [2.24, 2.45) is 0 Å². The maximum atomic E-state index is 11.0. The summed E-state index contributed by atoms with van der Waals surface area (Å²) in [5.41, 5.74) is 3.97. The summed E-state index contributed by atoms with van der Waals surface area (Å²) in [7, 11) is 0. The van der Waals surface area contributed by atoms with E-state index in [1.807, 2.05) is 54.0 Å². The van der Waals surface area contributed by atoms with Crippen LogP contribution < -0.4 is 0 Å². The van der Waals surface area contributed by atoms with Crippen LogP contribution in [0.2, 0.25) is 0 Å². The molecule has 0 N–H and O–H groups in total. The summed E-state index contributed by atoms with van der Waals surface area (Å²) in [6.07, 6.45) is 3.44. The van der Waals surface area contributed by atoms with E-state index in [9.17, 15) is 10.1 Å². The largest absolute Gasteiger partial charge is 0.270 e. The summed E-state index contributed by atoms with van der Waals surface area (Å²) in [5.74, 6) is 1.26. The van der Waals surface area contributed by atoms with Crippen LogP contribution in [-0.2, 0) is 5.75 Å². The van der Waals surface area contributed by atoms with Gasteiger partial charge < -0.3 is 0 Å². The molecule has 2 heterocycles. The Hall–Kier alpha value is -3.52. The molecular formula is C21H17N5O2S. The maximum absolute atomic E-state index is 11.0. The molecule has 29 heavy (non-hydrogen) atoms. The molecule has 0 amide bonds. The van der Waals surface area contributed by atoms with Gasteiger partial charge in [-0.2, -0.15) is 0 Å². The first-order chi connectivity index (χ1) is 14.1. The van der Waals surface area contributed by atoms with Crippen molar-refractivity contribution >= 4 is 17.4 Å². The van der Waals surface area contributed by atoms with Crippen molar-refractivity contribution in [2.45, 2.75) is 17.8 Å². The Kier molecular flexibility index (Phi) is 5.35. The molecule has 0 aliphatic rings. The molecule has 144 valence electrons. The Balaban J connectivity index is 1.70. The van der Waals surface area contributed by atoms with Gasteiger partial charge in [0.2, 0.25) is 0 Å². The van der Waals surface area contributed by atoms with Gasteiger partial charge in [0.1, 0.15) is 0 Å². The molecule has 0 radical (unpaired) electrons. The van der Waals surface area contributed by atoms with Crippen molar-refractivity contribution in [1.29, 1.82) is 0 Å². The molecular weight excluding hydrogens is 386 g/mol. The Morgan fingerprint density at radius 1 is 1.03 bits per heavy atom. The van der Waals surface area contributed by atoms with Gasteiger partial charge in [-0.05, 0) is 36.8 Å². The number of non-ortho nitro benzene ring substituents is 1. The van der Waals surface area contributed by atoms with Crippen LogP contribution in [0.3, 0.4) is 0 Å². The zero-order valence-corrected chi connectivity index (χ0v) is 16.4. The highest BCUT2D eigenvalue weighted by molar-refractivity contribution is 7.98. The number of aromatic nitrogens is 4. The average Bonchev–Trinajstić information content (AvgIpc) is 3.17. The Morgan fingerprint density at radius 2 is 1.79 bits per heavy atom. The molecule has 0 fully saturated rings. The summed E-state index contributed by atoms with van der Waals surface area (Å²) in [6, 6.07) is 18.6. The van der Waals surface area contributed by atoms with Crippen LogP contribution in [0.25, 0.3) is 17.1 Å². The lowest BCUT2D eigenvalue weighted by atomic mass is 10.2. The third-order valence-electron chi connectivity index (χ3n) is 4.35. The monoisotopic (exact) mass is 403 g/mol. The Morgan fingerprint density at radius 3 is 2.52 bits per heavy atom. The van der Waals surface area contributed by atoms with Gasteiger partial charge >= 0.3 is 0 Å². The maximum Gasteiger partial charge on any atom is 0.269 e. The average molecular weight is 403 g/mol. The normalized spacial score (nSPS) is 10.8. The first-order valence-electron chi connectivity index (χ1n) is 8.91. The first kappa shape index (κ1) is 18.8. The molecule has 0 unspecified atom stereocenters. The molecule has 2 aromatic heterocycles. The number of thioether (sulfide) groups is 1. The molecule has 0 aliphatic carbocycles. The Bertz CT molecular complexity index is 1140. The predicted molar refractivity (Wildman–Crippen MR) is 112 cm³/mol. The predicted octanol–water partition coefficient (Wildman–Crippen LogP) is 4.84. The molecule has 0 aliphatic heterocycles. The van der Waals surface area contributed by atoms with Crippen LogP contribution >= 0.6 is 11.8 Å². The summed E-state index contributed by atoms with van der Waals surface area (Å²) >= 11 is 1.49. The van der Waals surface area contributed by atoms with Crippen molar-refractivity contribution in [3.05, 3.63) is 94.3 Å². The highest BCUT2D eigenvalue weighted by Crippen LogP contribution is 2.30. The van der Waals surface area contributed by atoms with Gasteiger partial charge in [-0.1, -0.05) is 41.6 Å². The van der Waals surface area contributed by atoms with E-state index in [4.69, 9.17) is 0 Å². The lowest BCUT2D eigenvalue weighted by molar-refractivity contribution is -0.384. The minimum Gasteiger partial charge on any atom is -0.270 e. The van der Waals surface area contributed by atoms with E-state index < -0.39 is 0 Å². The van der Waals surface area contributed by atoms with Gasteiger partial charge in [0, 0.05) is 41.5 Å². The van der Waals surface area contributed by atoms with Crippen LogP contribution in [0.15, 0.2) is 78.2 Å². The molecule has 4 rings (SSSR count). The minimum absolute atomic E-state index is 0.0839. The van der Waals surface area contributed by atoms with Crippen molar-refractivity contribution in [3.63, 3.8) is 0 Å². The van der Waals surface area contributed by atoms with Crippen LogP contribution in [0, 0.1) is 17.0 Å². The number of nitro groups is 1. The number of hydrogen-bond acceptors (Lipinski definition) is 6. The minimum atomic E-state index is -0.384. The number of nitro benzene ring substituents is 1. The van der Waals surface area contributed by atoms with Crippen molar-refractivity contribution < 1.29 is 4.92 Å². The quantitative estimate of drug-likeness (QED) is 0.260. The third kappa shape index (κ3) is 4.17. The number of aryl methyl sites for hydroxylation is 1. The molecule has 8 heteroatoms. The van der Waals surface area contributed by atoms with Gasteiger partial charge in [-0.15, -0.1) is 10.2 Å². The van der Waals surface area contributed by atoms with E-state index in [1.54, 1.807) is 24.5 Å². The van der Waals surface area contributed by atoms with Crippen LogP contribution in [-0.4, -0.2) is 24.7 Å². The fourth-order valence-corrected chi connectivity index (χ4v) is 3.78. The van der Waals surface area contributed by atoms with Gasteiger partial charge in [0.25, 0.3) is 5.69 Å². The number of nitrogens with zero attached hydrogens (tertiary/aromatic N) is 5. The Labute approximate surface area is 171 Å². The molecule has 4 aromatic rings. The van der Waals surface area contributed by atoms with E-state index in [0.717, 1.165) is 28.2 Å². The fraction of sp³-hybridized carbons (Fsp3) is 0.0952. The topological polar surface area (TPSA) is 86.7 Å². The smallest absolute Gasteiger partial charge is 0.269 e. The molecule has 2 aromatic carbocycles. The molecule has 0 saturated carbocycles. The number of hydrogen-bond donors (Lipinski definition) is 0. The lowest BCUT2D eigenvalue weighted by Crippen LogP contribution is -2.00. The van der Waals surface area contributed by atoms with Gasteiger partial charge in [0.05, 0.1) is 4.92 Å². The zero-order chi connectivity index (χ0) is 20.2. The third-order valence-corrected chi connectivity index (χ3v) is 5.35. The van der Waals surface area contributed by atoms with Crippen LogP contribution in [0.4, 0.5) is 5.69 Å². The van der Waals surface area contributed by atoms with Crippen molar-refractivity contribution in [2.75, 3.05) is 0 Å². The first-order valence-corrected chi connectivity index (χ1v) is 9.89. The van der Waals surface area contributed by atoms with Gasteiger partial charge in [0.15, 0.2) is 11.0 Å². The van der Waals surface area contributed by atoms with Crippen LogP contribution in [0.1, 0.15) is 11.1 Å². The molecule has 7 nitrogen and oxygen atoms in total.